The second kappa shape index (κ2) is 5.31. The second-order valence-electron chi connectivity index (χ2n) is 4.58. The van der Waals surface area contributed by atoms with Gasteiger partial charge in [-0.25, -0.2) is 0 Å². The van der Waals surface area contributed by atoms with Crippen molar-refractivity contribution in [2.75, 3.05) is 11.5 Å². The van der Waals surface area contributed by atoms with E-state index in [9.17, 15) is 5.11 Å². The first-order valence-electron chi connectivity index (χ1n) is 5.72. The molecule has 0 spiro atoms. The number of hydrogen-bond donors (Lipinski definition) is 1. The molecule has 0 bridgehead atoms. The summed E-state index contributed by atoms with van der Waals surface area (Å²) in [7, 11) is 0. The Hall–Kier alpha value is 0.610. The van der Waals surface area contributed by atoms with Gasteiger partial charge in [-0.05, 0) is 72.1 Å². The Balaban J connectivity index is 2.34. The van der Waals surface area contributed by atoms with Gasteiger partial charge in [0.2, 0.25) is 0 Å². The number of rotatable bonds is 2. The van der Waals surface area contributed by atoms with Gasteiger partial charge in [0.1, 0.15) is 5.60 Å². The molecule has 1 atom stereocenters. The van der Waals surface area contributed by atoms with E-state index in [0.717, 1.165) is 17.1 Å². The van der Waals surface area contributed by atoms with Crippen LogP contribution in [0.4, 0.5) is 0 Å². The monoisotopic (exact) mass is 380 g/mol. The van der Waals surface area contributed by atoms with Gasteiger partial charge in [-0.15, -0.1) is 23.5 Å². The summed E-state index contributed by atoms with van der Waals surface area (Å²) in [5.74, 6) is 2.28. The van der Waals surface area contributed by atoms with E-state index in [2.05, 4.69) is 41.6 Å². The standard InChI is InChI=1S/C13H17IOS2/c1-12(15,10-5-3-6-11(14)9-10)13(2)16-7-4-8-17-13/h3,5-6,9,15H,4,7-8H2,1-2H3/t12-/m0/s1. The lowest BCUT2D eigenvalue weighted by Gasteiger charge is -2.44. The van der Waals surface area contributed by atoms with Gasteiger partial charge in [-0.2, -0.15) is 0 Å². The summed E-state index contributed by atoms with van der Waals surface area (Å²) in [5.41, 5.74) is 0.234. The fraction of sp³-hybridized carbons (Fsp3) is 0.538. The average molecular weight is 380 g/mol. The lowest BCUT2D eigenvalue weighted by Crippen LogP contribution is -2.44. The Morgan fingerprint density at radius 3 is 2.59 bits per heavy atom. The Labute approximate surface area is 125 Å². The summed E-state index contributed by atoms with van der Waals surface area (Å²) in [5, 5.41) is 10.9. The molecule has 1 fully saturated rings. The van der Waals surface area contributed by atoms with Crippen molar-refractivity contribution >= 4 is 46.1 Å². The fourth-order valence-electron chi connectivity index (χ4n) is 1.97. The van der Waals surface area contributed by atoms with Crippen LogP contribution in [0.5, 0.6) is 0 Å². The zero-order valence-electron chi connectivity index (χ0n) is 10.1. The van der Waals surface area contributed by atoms with Crippen molar-refractivity contribution in [2.45, 2.75) is 29.9 Å². The third-order valence-electron chi connectivity index (χ3n) is 3.31. The molecule has 0 radical (unpaired) electrons. The van der Waals surface area contributed by atoms with Gasteiger partial charge in [0.25, 0.3) is 0 Å². The Morgan fingerprint density at radius 1 is 1.35 bits per heavy atom. The van der Waals surface area contributed by atoms with Crippen molar-refractivity contribution in [2.24, 2.45) is 0 Å². The predicted octanol–water partition coefficient (Wildman–Crippen LogP) is 4.09. The van der Waals surface area contributed by atoms with E-state index < -0.39 is 5.60 Å². The van der Waals surface area contributed by atoms with E-state index in [1.165, 1.54) is 9.99 Å². The highest BCUT2D eigenvalue weighted by atomic mass is 127. The second-order valence-corrected chi connectivity index (χ2v) is 9.11. The number of thioether (sulfide) groups is 2. The minimum atomic E-state index is -0.788. The first-order chi connectivity index (χ1) is 7.96. The van der Waals surface area contributed by atoms with Crippen LogP contribution in [0.25, 0.3) is 0 Å². The minimum absolute atomic E-state index is 0.143. The van der Waals surface area contributed by atoms with Crippen LogP contribution in [0.3, 0.4) is 0 Å². The molecule has 1 heterocycles. The van der Waals surface area contributed by atoms with Crippen molar-refractivity contribution in [1.29, 1.82) is 0 Å². The molecule has 1 aromatic rings. The molecule has 0 saturated carbocycles. The Morgan fingerprint density at radius 2 is 2.00 bits per heavy atom. The minimum Gasteiger partial charge on any atom is -0.383 e. The van der Waals surface area contributed by atoms with Gasteiger partial charge in [0, 0.05) is 3.57 Å². The molecule has 94 valence electrons. The van der Waals surface area contributed by atoms with Crippen molar-refractivity contribution in [3.05, 3.63) is 33.4 Å². The van der Waals surface area contributed by atoms with Gasteiger partial charge in [-0.1, -0.05) is 12.1 Å². The van der Waals surface area contributed by atoms with E-state index in [1.54, 1.807) is 0 Å². The van der Waals surface area contributed by atoms with Gasteiger partial charge in [-0.3, -0.25) is 0 Å². The zero-order chi connectivity index (χ0) is 12.5. The van der Waals surface area contributed by atoms with Crippen LogP contribution < -0.4 is 0 Å². The molecule has 0 aromatic heterocycles. The molecule has 1 aromatic carbocycles. The highest BCUT2D eigenvalue weighted by molar-refractivity contribution is 14.1. The predicted molar refractivity (Wildman–Crippen MR) is 86.7 cm³/mol. The van der Waals surface area contributed by atoms with Crippen LogP contribution in [0.1, 0.15) is 25.8 Å². The largest absolute Gasteiger partial charge is 0.383 e. The normalized spacial score (nSPS) is 23.1. The van der Waals surface area contributed by atoms with E-state index in [-0.39, 0.29) is 4.08 Å². The smallest absolute Gasteiger partial charge is 0.110 e. The van der Waals surface area contributed by atoms with Crippen LogP contribution in [0, 0.1) is 3.57 Å². The van der Waals surface area contributed by atoms with Gasteiger partial charge >= 0.3 is 0 Å². The number of aliphatic hydroxyl groups is 1. The lowest BCUT2D eigenvalue weighted by atomic mass is 9.92. The van der Waals surface area contributed by atoms with Crippen molar-refractivity contribution in [3.63, 3.8) is 0 Å². The highest BCUT2D eigenvalue weighted by Crippen LogP contribution is 2.53. The Bertz CT molecular complexity index is 400. The van der Waals surface area contributed by atoms with Crippen LogP contribution in [0.15, 0.2) is 24.3 Å². The first-order valence-corrected chi connectivity index (χ1v) is 8.77. The molecule has 0 aliphatic carbocycles. The molecular weight excluding hydrogens is 363 g/mol. The van der Waals surface area contributed by atoms with E-state index in [0.29, 0.717) is 0 Å². The SMILES string of the molecule is CC1([C@@](C)(O)c2cccc(I)c2)SCCCS1. The summed E-state index contributed by atoms with van der Waals surface area (Å²) >= 11 is 6.06. The molecule has 0 amide bonds. The Kier molecular flexibility index (Phi) is 4.38. The third kappa shape index (κ3) is 2.80. The topological polar surface area (TPSA) is 20.2 Å². The fourth-order valence-corrected chi connectivity index (χ4v) is 5.68. The quantitative estimate of drug-likeness (QED) is 0.781. The highest BCUT2D eigenvalue weighted by Gasteiger charge is 2.46. The molecule has 1 N–H and O–H groups in total. The number of benzene rings is 1. The lowest BCUT2D eigenvalue weighted by molar-refractivity contribution is 0.0487. The average Bonchev–Trinajstić information content (AvgIpc) is 2.30. The van der Waals surface area contributed by atoms with Crippen molar-refractivity contribution < 1.29 is 5.11 Å². The van der Waals surface area contributed by atoms with Crippen LogP contribution in [0.2, 0.25) is 0 Å². The van der Waals surface area contributed by atoms with E-state index >= 15 is 0 Å². The molecule has 1 aliphatic rings. The molecule has 4 heteroatoms. The zero-order valence-corrected chi connectivity index (χ0v) is 13.9. The van der Waals surface area contributed by atoms with Crippen LogP contribution >= 0.6 is 46.1 Å². The van der Waals surface area contributed by atoms with E-state index in [1.807, 2.05) is 42.6 Å². The number of halogens is 1. The maximum atomic E-state index is 10.9. The van der Waals surface area contributed by atoms with Crippen molar-refractivity contribution in [1.82, 2.24) is 0 Å². The van der Waals surface area contributed by atoms with Crippen molar-refractivity contribution in [3.8, 4) is 0 Å². The molecule has 1 saturated heterocycles. The first kappa shape index (κ1) is 14.0. The van der Waals surface area contributed by atoms with Crippen LogP contribution in [-0.4, -0.2) is 20.7 Å². The van der Waals surface area contributed by atoms with E-state index in [4.69, 9.17) is 0 Å². The molecule has 0 unspecified atom stereocenters. The summed E-state index contributed by atoms with van der Waals surface area (Å²) in [6.45, 7) is 4.12. The molecule has 2 rings (SSSR count). The maximum absolute atomic E-state index is 10.9. The maximum Gasteiger partial charge on any atom is 0.110 e. The molecule has 1 nitrogen and oxygen atoms in total. The molecule has 17 heavy (non-hydrogen) atoms. The summed E-state index contributed by atoms with van der Waals surface area (Å²) in [6.07, 6.45) is 1.24. The van der Waals surface area contributed by atoms with Gasteiger partial charge in [0.15, 0.2) is 0 Å². The van der Waals surface area contributed by atoms with Gasteiger partial charge < -0.3 is 5.11 Å². The van der Waals surface area contributed by atoms with Gasteiger partial charge in [0.05, 0.1) is 4.08 Å². The van der Waals surface area contributed by atoms with Crippen LogP contribution in [-0.2, 0) is 5.60 Å². The third-order valence-corrected chi connectivity index (χ3v) is 7.58. The summed E-state index contributed by atoms with van der Waals surface area (Å²) in [6, 6.07) is 8.20. The number of hydrogen-bond acceptors (Lipinski definition) is 3. The summed E-state index contributed by atoms with van der Waals surface area (Å²) < 4.78 is 1.03. The molecular formula is C13H17IOS2. The molecule has 1 aliphatic heterocycles. The summed E-state index contributed by atoms with van der Waals surface area (Å²) in [4.78, 5) is 0.